The van der Waals surface area contributed by atoms with Gasteiger partial charge in [-0.1, -0.05) is 180 Å². The molecule has 242 valence electrons. The summed E-state index contributed by atoms with van der Waals surface area (Å²) >= 11 is 0. The minimum atomic E-state index is 1.02. The van der Waals surface area contributed by atoms with Gasteiger partial charge in [-0.25, -0.2) is 0 Å². The van der Waals surface area contributed by atoms with Gasteiger partial charge in [-0.05, 0) is 83.7 Å². The zero-order valence-electron chi connectivity index (χ0n) is 30.1. The molecule has 0 saturated heterocycles. The van der Waals surface area contributed by atoms with E-state index in [1.54, 1.807) is 0 Å². The highest BCUT2D eigenvalue weighted by Gasteiger charge is 2.03. The molecule has 0 aliphatic carbocycles. The minimum Gasteiger partial charge on any atom is -0.288 e. The van der Waals surface area contributed by atoms with E-state index in [1.807, 2.05) is 39.1 Å². The van der Waals surface area contributed by atoms with Gasteiger partial charge in [-0.3, -0.25) is 4.99 Å². The second kappa shape index (κ2) is 20.2. The van der Waals surface area contributed by atoms with Gasteiger partial charge in [0.2, 0.25) is 0 Å². The van der Waals surface area contributed by atoms with Crippen molar-refractivity contribution in [2.24, 2.45) is 4.99 Å². The number of aryl methyl sites for hydroxylation is 6. The minimum absolute atomic E-state index is 1.02. The standard InChI is InChI=1S/C18H19N.2C10H12.C8H10/c1-14-9-11-17(15(2)13-14)18(19-3)12-10-16-7-5-4-6-8-16;2*1-8(2)10-6-4-5-9(3)7-10;1-7-4-3-5-8(2)6-7/h4-13H,1-3H3;2*4-7H,1H2,2-3H3;3-6H,1-2H3/b12-10+,19-18?;;;. The molecule has 0 atom stereocenters. The highest BCUT2D eigenvalue weighted by atomic mass is 14.7. The van der Waals surface area contributed by atoms with Crippen LogP contribution in [-0.4, -0.2) is 12.8 Å². The lowest BCUT2D eigenvalue weighted by Crippen LogP contribution is -2.00. The first-order valence-corrected chi connectivity index (χ1v) is 16.2. The fraction of sp³-hybridized carbons (Fsp3) is 0.196. The number of benzene rings is 5. The smallest absolute Gasteiger partial charge is 0.0646 e. The normalized spacial score (nSPS) is 10.4. The van der Waals surface area contributed by atoms with E-state index in [-0.39, 0.29) is 0 Å². The Morgan fingerprint density at radius 3 is 1.32 bits per heavy atom. The molecule has 47 heavy (non-hydrogen) atoms. The molecule has 5 aromatic rings. The highest BCUT2D eigenvalue weighted by Crippen LogP contribution is 2.15. The largest absolute Gasteiger partial charge is 0.288 e. The van der Waals surface area contributed by atoms with Crippen LogP contribution in [0.25, 0.3) is 17.2 Å². The van der Waals surface area contributed by atoms with Crippen molar-refractivity contribution >= 4 is 22.9 Å². The number of rotatable bonds is 5. The fourth-order valence-corrected chi connectivity index (χ4v) is 4.75. The van der Waals surface area contributed by atoms with Gasteiger partial charge < -0.3 is 0 Å². The molecular weight excluding hydrogens is 567 g/mol. The van der Waals surface area contributed by atoms with Crippen molar-refractivity contribution in [3.63, 3.8) is 0 Å². The molecule has 0 saturated carbocycles. The lowest BCUT2D eigenvalue weighted by molar-refractivity contribution is 1.35. The van der Waals surface area contributed by atoms with Crippen molar-refractivity contribution in [2.75, 3.05) is 7.05 Å². The molecule has 0 heterocycles. The van der Waals surface area contributed by atoms with Crippen molar-refractivity contribution in [3.05, 3.63) is 196 Å². The molecular formula is C46H53N. The average Bonchev–Trinajstić information content (AvgIpc) is 3.03. The van der Waals surface area contributed by atoms with Crippen molar-refractivity contribution in [1.82, 2.24) is 0 Å². The zero-order chi connectivity index (χ0) is 34.8. The summed E-state index contributed by atoms with van der Waals surface area (Å²) in [4.78, 5) is 4.39. The maximum Gasteiger partial charge on any atom is 0.0646 e. The Hall–Kier alpha value is -5.01. The predicted octanol–water partition coefficient (Wildman–Crippen LogP) is 12.8. The van der Waals surface area contributed by atoms with Crippen molar-refractivity contribution in [3.8, 4) is 0 Å². The monoisotopic (exact) mass is 619 g/mol. The lowest BCUT2D eigenvalue weighted by atomic mass is 10.0. The number of aliphatic imine (C=N–C) groups is 1. The van der Waals surface area contributed by atoms with E-state index in [2.05, 4.69) is 175 Å². The summed E-state index contributed by atoms with van der Waals surface area (Å²) in [6.45, 7) is 24.4. The average molecular weight is 620 g/mol. The van der Waals surface area contributed by atoms with E-state index in [9.17, 15) is 0 Å². The molecule has 0 aromatic heterocycles. The molecule has 5 rings (SSSR count). The number of allylic oxidation sites excluding steroid dienone is 3. The Bertz CT molecular complexity index is 1710. The Balaban J connectivity index is 0.000000234. The molecule has 1 heteroatoms. The van der Waals surface area contributed by atoms with Crippen LogP contribution in [0, 0.1) is 41.5 Å². The number of hydrogen-bond acceptors (Lipinski definition) is 1. The van der Waals surface area contributed by atoms with Gasteiger partial charge in [0.1, 0.15) is 0 Å². The van der Waals surface area contributed by atoms with Gasteiger partial charge >= 0.3 is 0 Å². The quantitative estimate of drug-likeness (QED) is 0.174. The summed E-state index contributed by atoms with van der Waals surface area (Å²) in [6, 6.07) is 41.9. The van der Waals surface area contributed by atoms with Gasteiger partial charge in [-0.2, -0.15) is 0 Å². The summed E-state index contributed by atoms with van der Waals surface area (Å²) in [6.07, 6.45) is 4.18. The summed E-state index contributed by atoms with van der Waals surface area (Å²) in [5.41, 5.74) is 15.9. The van der Waals surface area contributed by atoms with Crippen LogP contribution >= 0.6 is 0 Å². The van der Waals surface area contributed by atoms with Crippen LogP contribution in [-0.2, 0) is 0 Å². The van der Waals surface area contributed by atoms with Crippen LogP contribution in [0.2, 0.25) is 0 Å². The van der Waals surface area contributed by atoms with Crippen LogP contribution in [0.5, 0.6) is 0 Å². The molecule has 0 fully saturated rings. The summed E-state index contributed by atoms with van der Waals surface area (Å²) in [5, 5.41) is 0. The van der Waals surface area contributed by atoms with Crippen molar-refractivity contribution in [1.29, 1.82) is 0 Å². The lowest BCUT2D eigenvalue weighted by Gasteiger charge is -2.06. The molecule has 0 unspecified atom stereocenters. The first-order chi connectivity index (χ1) is 22.4. The maximum absolute atomic E-state index is 4.39. The molecule has 0 amide bonds. The van der Waals surface area contributed by atoms with E-state index in [1.165, 1.54) is 55.6 Å². The van der Waals surface area contributed by atoms with Crippen LogP contribution in [0.15, 0.2) is 146 Å². The third-order valence-electron chi connectivity index (χ3n) is 7.33. The van der Waals surface area contributed by atoms with Gasteiger partial charge in [0, 0.05) is 12.6 Å². The van der Waals surface area contributed by atoms with E-state index in [0.29, 0.717) is 0 Å². The molecule has 1 nitrogen and oxygen atoms in total. The fourth-order valence-electron chi connectivity index (χ4n) is 4.75. The third kappa shape index (κ3) is 14.8. The SMILES string of the molecule is C=C(C)c1cccc(C)c1.C=C(C)c1cccc(C)c1.CN=C(/C=C/c1ccccc1)c1ccc(C)cc1C.Cc1cccc(C)c1. The number of hydrogen-bond donors (Lipinski definition) is 0. The van der Waals surface area contributed by atoms with E-state index < -0.39 is 0 Å². The van der Waals surface area contributed by atoms with Crippen LogP contribution in [0.4, 0.5) is 0 Å². The zero-order valence-corrected chi connectivity index (χ0v) is 30.1. The third-order valence-corrected chi connectivity index (χ3v) is 7.33. The first kappa shape index (κ1) is 38.2. The van der Waals surface area contributed by atoms with E-state index in [4.69, 9.17) is 0 Å². The summed E-state index contributed by atoms with van der Waals surface area (Å²) in [5.74, 6) is 0. The molecule has 0 bridgehead atoms. The molecule has 0 aliphatic heterocycles. The van der Waals surface area contributed by atoms with Crippen LogP contribution in [0.1, 0.15) is 69.5 Å². The second-order valence-electron chi connectivity index (χ2n) is 12.1. The molecule has 0 aliphatic rings. The topological polar surface area (TPSA) is 12.4 Å². The second-order valence-corrected chi connectivity index (χ2v) is 12.1. The van der Waals surface area contributed by atoms with Gasteiger partial charge in [0.15, 0.2) is 0 Å². The first-order valence-electron chi connectivity index (χ1n) is 16.2. The Morgan fingerprint density at radius 1 is 0.511 bits per heavy atom. The Labute approximate surface area is 285 Å². The van der Waals surface area contributed by atoms with Crippen LogP contribution in [0.3, 0.4) is 0 Å². The Morgan fingerprint density at radius 2 is 0.957 bits per heavy atom. The van der Waals surface area contributed by atoms with Gasteiger partial charge in [0.05, 0.1) is 5.71 Å². The molecule has 0 N–H and O–H groups in total. The van der Waals surface area contributed by atoms with Crippen molar-refractivity contribution in [2.45, 2.75) is 55.4 Å². The van der Waals surface area contributed by atoms with Crippen LogP contribution < -0.4 is 0 Å². The van der Waals surface area contributed by atoms with E-state index in [0.717, 1.165) is 16.9 Å². The summed E-state index contributed by atoms with van der Waals surface area (Å²) < 4.78 is 0. The highest BCUT2D eigenvalue weighted by molar-refractivity contribution is 6.11. The maximum atomic E-state index is 4.39. The predicted molar refractivity (Wildman–Crippen MR) is 212 cm³/mol. The van der Waals surface area contributed by atoms with Crippen molar-refractivity contribution < 1.29 is 0 Å². The molecule has 5 aromatic carbocycles. The molecule has 0 spiro atoms. The van der Waals surface area contributed by atoms with Gasteiger partial charge in [-0.15, -0.1) is 0 Å². The molecule has 0 radical (unpaired) electrons. The number of nitrogens with zero attached hydrogens (tertiary/aromatic N) is 1. The summed E-state index contributed by atoms with van der Waals surface area (Å²) in [7, 11) is 1.84. The van der Waals surface area contributed by atoms with Gasteiger partial charge in [0.25, 0.3) is 0 Å². The Kier molecular flexibility index (Phi) is 16.4. The van der Waals surface area contributed by atoms with E-state index >= 15 is 0 Å².